The number of aliphatic carboxylic acids is 1. The summed E-state index contributed by atoms with van der Waals surface area (Å²) in [5, 5.41) is 12.3. The van der Waals surface area contributed by atoms with Gasteiger partial charge in [-0.2, -0.15) is 0 Å². The van der Waals surface area contributed by atoms with Crippen molar-refractivity contribution < 1.29 is 19.4 Å². The molecule has 22 heavy (non-hydrogen) atoms. The predicted octanol–water partition coefficient (Wildman–Crippen LogP) is 2.29. The van der Waals surface area contributed by atoms with Crippen molar-refractivity contribution >= 4 is 17.6 Å². The van der Waals surface area contributed by atoms with Crippen LogP contribution in [0.15, 0.2) is 30.4 Å². The maximum Gasteiger partial charge on any atom is 0.310 e. The van der Waals surface area contributed by atoms with Gasteiger partial charge in [0, 0.05) is 5.69 Å². The van der Waals surface area contributed by atoms with Gasteiger partial charge in [0.05, 0.1) is 17.6 Å². The summed E-state index contributed by atoms with van der Waals surface area (Å²) in [6, 6.07) is 5.63. The second-order valence-electron chi connectivity index (χ2n) is 6.26. The second-order valence-corrected chi connectivity index (χ2v) is 6.26. The predicted molar refractivity (Wildman–Crippen MR) is 81.6 cm³/mol. The number of carboxylic acids is 1. The molecule has 2 aliphatic heterocycles. The van der Waals surface area contributed by atoms with Crippen molar-refractivity contribution in [1.29, 1.82) is 0 Å². The molecule has 2 N–H and O–H groups in total. The first-order chi connectivity index (χ1) is 10.3. The van der Waals surface area contributed by atoms with E-state index in [4.69, 9.17) is 4.74 Å². The van der Waals surface area contributed by atoms with Gasteiger partial charge in [-0.15, -0.1) is 0 Å². The van der Waals surface area contributed by atoms with E-state index in [-0.39, 0.29) is 5.91 Å². The molecule has 1 fully saturated rings. The molecule has 1 saturated heterocycles. The van der Waals surface area contributed by atoms with E-state index in [9.17, 15) is 14.7 Å². The summed E-state index contributed by atoms with van der Waals surface area (Å²) >= 11 is 0. The number of rotatable bonds is 3. The van der Waals surface area contributed by atoms with Gasteiger partial charge in [0.25, 0.3) is 0 Å². The maximum atomic E-state index is 12.6. The molecule has 1 amide bonds. The van der Waals surface area contributed by atoms with Gasteiger partial charge in [-0.05, 0) is 44.0 Å². The second kappa shape index (κ2) is 4.95. The SMILES string of the molecule is Cc1ccc(NC(=O)[C@@H]2[C@@H](C(=O)O)[C@H]3C=C[C@@]2(C)O3)cc1C. The highest BCUT2D eigenvalue weighted by Crippen LogP contribution is 2.47. The lowest BCUT2D eigenvalue weighted by Crippen LogP contribution is -2.44. The monoisotopic (exact) mass is 301 g/mol. The van der Waals surface area contributed by atoms with Gasteiger partial charge in [-0.1, -0.05) is 18.2 Å². The molecule has 2 bridgehead atoms. The van der Waals surface area contributed by atoms with Crippen molar-refractivity contribution in [1.82, 2.24) is 0 Å². The summed E-state index contributed by atoms with van der Waals surface area (Å²) in [6.07, 6.45) is 3.00. The average Bonchev–Trinajstić information content (AvgIpc) is 2.95. The molecule has 0 saturated carbocycles. The zero-order chi connectivity index (χ0) is 16.1. The van der Waals surface area contributed by atoms with E-state index in [1.54, 1.807) is 19.1 Å². The van der Waals surface area contributed by atoms with Crippen molar-refractivity contribution in [2.75, 3.05) is 5.32 Å². The zero-order valence-corrected chi connectivity index (χ0v) is 12.8. The van der Waals surface area contributed by atoms with Gasteiger partial charge >= 0.3 is 5.97 Å². The Kier molecular flexibility index (Phi) is 3.33. The van der Waals surface area contributed by atoms with Crippen molar-refractivity contribution in [3.8, 4) is 0 Å². The minimum absolute atomic E-state index is 0.315. The molecule has 5 nitrogen and oxygen atoms in total. The van der Waals surface area contributed by atoms with Crippen molar-refractivity contribution in [2.24, 2.45) is 11.8 Å². The lowest BCUT2D eigenvalue weighted by atomic mass is 9.75. The molecule has 1 aromatic carbocycles. The number of hydrogen-bond acceptors (Lipinski definition) is 3. The number of aryl methyl sites for hydroxylation is 2. The Balaban J connectivity index is 1.86. The third-order valence-corrected chi connectivity index (χ3v) is 4.68. The Hall–Kier alpha value is -2.14. The molecule has 4 atom stereocenters. The molecule has 0 aromatic heterocycles. The molecule has 0 unspecified atom stereocenters. The van der Waals surface area contributed by atoms with Crippen LogP contribution in [0.4, 0.5) is 5.69 Å². The smallest absolute Gasteiger partial charge is 0.310 e. The number of carbonyl (C=O) groups is 2. The largest absolute Gasteiger partial charge is 0.481 e. The van der Waals surface area contributed by atoms with Gasteiger partial charge in [0.1, 0.15) is 5.92 Å². The summed E-state index contributed by atoms with van der Waals surface area (Å²) in [7, 11) is 0. The van der Waals surface area contributed by atoms with E-state index in [2.05, 4.69) is 5.32 Å². The van der Waals surface area contributed by atoms with E-state index in [0.717, 1.165) is 11.1 Å². The summed E-state index contributed by atoms with van der Waals surface area (Å²) in [6.45, 7) is 5.73. The standard InChI is InChI=1S/C17H19NO4/c1-9-4-5-11(8-10(9)2)18-15(19)14-13(16(20)21)12-6-7-17(14,3)22-12/h4-8,12-14H,1-3H3,(H,18,19)(H,20,21)/t12-,13+,14+,17-/m1/s1. The van der Waals surface area contributed by atoms with E-state index < -0.39 is 29.5 Å². The Labute approximate surface area is 129 Å². The lowest BCUT2D eigenvalue weighted by molar-refractivity contribution is -0.146. The number of carboxylic acid groups (broad SMARTS) is 1. The minimum atomic E-state index is -1.00. The number of ether oxygens (including phenoxy) is 1. The normalized spacial score (nSPS) is 32.2. The quantitative estimate of drug-likeness (QED) is 0.840. The van der Waals surface area contributed by atoms with E-state index in [1.807, 2.05) is 32.0 Å². The Morgan fingerprint density at radius 1 is 1.27 bits per heavy atom. The van der Waals surface area contributed by atoms with E-state index in [1.165, 1.54) is 0 Å². The van der Waals surface area contributed by atoms with Crippen LogP contribution in [0.5, 0.6) is 0 Å². The Morgan fingerprint density at radius 3 is 2.64 bits per heavy atom. The van der Waals surface area contributed by atoms with Crippen LogP contribution >= 0.6 is 0 Å². The highest BCUT2D eigenvalue weighted by Gasteiger charge is 2.59. The number of benzene rings is 1. The molecule has 0 spiro atoms. The van der Waals surface area contributed by atoms with Crippen LogP contribution in [-0.2, 0) is 14.3 Å². The maximum absolute atomic E-state index is 12.6. The van der Waals surface area contributed by atoms with Crippen molar-refractivity contribution in [3.63, 3.8) is 0 Å². The molecule has 1 aromatic rings. The van der Waals surface area contributed by atoms with E-state index in [0.29, 0.717) is 5.69 Å². The van der Waals surface area contributed by atoms with E-state index >= 15 is 0 Å². The number of carbonyl (C=O) groups excluding carboxylic acids is 1. The summed E-state index contributed by atoms with van der Waals surface area (Å²) in [4.78, 5) is 24.1. The van der Waals surface area contributed by atoms with Crippen LogP contribution in [-0.4, -0.2) is 28.7 Å². The zero-order valence-electron chi connectivity index (χ0n) is 12.8. The Morgan fingerprint density at radius 2 is 2.00 bits per heavy atom. The van der Waals surface area contributed by atoms with Gasteiger partial charge in [-0.3, -0.25) is 9.59 Å². The average molecular weight is 301 g/mol. The lowest BCUT2D eigenvalue weighted by Gasteiger charge is -2.27. The number of fused-ring (bicyclic) bond motifs is 2. The Bertz CT molecular complexity index is 681. The number of anilines is 1. The molecule has 3 rings (SSSR count). The fraction of sp³-hybridized carbons (Fsp3) is 0.412. The molecule has 116 valence electrons. The third-order valence-electron chi connectivity index (χ3n) is 4.68. The minimum Gasteiger partial charge on any atom is -0.481 e. The number of hydrogen-bond donors (Lipinski definition) is 2. The molecule has 2 aliphatic rings. The molecular formula is C17H19NO4. The summed E-state index contributed by atoms with van der Waals surface area (Å²) in [5.41, 5.74) is 2.03. The highest BCUT2D eigenvalue weighted by molar-refractivity contribution is 5.97. The fourth-order valence-electron chi connectivity index (χ4n) is 3.32. The summed E-state index contributed by atoms with van der Waals surface area (Å²) in [5.74, 6) is -2.90. The highest BCUT2D eigenvalue weighted by atomic mass is 16.5. The van der Waals surface area contributed by atoms with Crippen LogP contribution in [0.3, 0.4) is 0 Å². The summed E-state index contributed by atoms with van der Waals surface area (Å²) < 4.78 is 5.70. The van der Waals surface area contributed by atoms with Gasteiger partial charge in [0.2, 0.25) is 5.91 Å². The van der Waals surface area contributed by atoms with Crippen LogP contribution in [0.25, 0.3) is 0 Å². The molecule has 0 aliphatic carbocycles. The molecule has 2 heterocycles. The molecular weight excluding hydrogens is 282 g/mol. The third kappa shape index (κ3) is 2.22. The topological polar surface area (TPSA) is 75.6 Å². The number of amides is 1. The fourth-order valence-corrected chi connectivity index (χ4v) is 3.32. The first-order valence-corrected chi connectivity index (χ1v) is 7.30. The van der Waals surface area contributed by atoms with Crippen molar-refractivity contribution in [3.05, 3.63) is 41.5 Å². The number of nitrogens with one attached hydrogen (secondary N) is 1. The van der Waals surface area contributed by atoms with Gasteiger partial charge in [-0.25, -0.2) is 0 Å². The first-order valence-electron chi connectivity index (χ1n) is 7.30. The molecule has 5 heteroatoms. The van der Waals surface area contributed by atoms with Crippen molar-refractivity contribution in [2.45, 2.75) is 32.5 Å². The van der Waals surface area contributed by atoms with Crippen LogP contribution < -0.4 is 5.32 Å². The van der Waals surface area contributed by atoms with Gasteiger partial charge in [0.15, 0.2) is 0 Å². The first kappa shape index (κ1) is 14.8. The van der Waals surface area contributed by atoms with Crippen LogP contribution in [0, 0.1) is 25.7 Å². The van der Waals surface area contributed by atoms with Gasteiger partial charge < -0.3 is 15.2 Å². The van der Waals surface area contributed by atoms with Crippen LogP contribution in [0.1, 0.15) is 18.1 Å². The molecule has 0 radical (unpaired) electrons. The van der Waals surface area contributed by atoms with Crippen LogP contribution in [0.2, 0.25) is 0 Å².